The van der Waals surface area contributed by atoms with Gasteiger partial charge in [-0.1, -0.05) is 84.4 Å². The van der Waals surface area contributed by atoms with E-state index in [0.29, 0.717) is 6.42 Å². The van der Waals surface area contributed by atoms with E-state index in [-0.39, 0.29) is 11.4 Å². The molecule has 28 heavy (non-hydrogen) atoms. The average molecular weight is 392 g/mol. The van der Waals surface area contributed by atoms with Gasteiger partial charge < -0.3 is 0 Å². The SMILES string of the molecule is C=CCC(CNS(=O)(=O)c1ccc(C)cc1)(c1ccccc1)c1ccccc1. The summed E-state index contributed by atoms with van der Waals surface area (Å²) in [6.07, 6.45) is 2.46. The summed E-state index contributed by atoms with van der Waals surface area (Å²) in [5.74, 6) is 0. The molecule has 0 unspecified atom stereocenters. The molecule has 0 amide bonds. The van der Waals surface area contributed by atoms with E-state index in [1.807, 2.05) is 73.7 Å². The Bertz CT molecular complexity index is 972. The van der Waals surface area contributed by atoms with E-state index in [2.05, 4.69) is 11.3 Å². The number of benzene rings is 3. The Morgan fingerprint density at radius 1 is 0.857 bits per heavy atom. The van der Waals surface area contributed by atoms with E-state index in [1.165, 1.54) is 0 Å². The third-order valence-electron chi connectivity index (χ3n) is 5.04. The molecule has 1 N–H and O–H groups in total. The largest absolute Gasteiger partial charge is 0.240 e. The molecule has 0 fully saturated rings. The monoisotopic (exact) mass is 391 g/mol. The summed E-state index contributed by atoms with van der Waals surface area (Å²) in [5.41, 5.74) is 2.58. The highest BCUT2D eigenvalue weighted by atomic mass is 32.2. The Balaban J connectivity index is 2.02. The Morgan fingerprint density at radius 3 is 1.82 bits per heavy atom. The zero-order chi connectivity index (χ0) is 20.0. The van der Waals surface area contributed by atoms with Crippen molar-refractivity contribution < 1.29 is 8.42 Å². The van der Waals surface area contributed by atoms with Gasteiger partial charge in [0.05, 0.1) is 4.90 Å². The number of hydrogen-bond donors (Lipinski definition) is 1. The summed E-state index contributed by atoms with van der Waals surface area (Å²) in [6, 6.07) is 26.9. The molecule has 3 aromatic rings. The van der Waals surface area contributed by atoms with Crippen LogP contribution < -0.4 is 4.72 Å². The van der Waals surface area contributed by atoms with Gasteiger partial charge in [0.15, 0.2) is 0 Å². The summed E-state index contributed by atoms with van der Waals surface area (Å²) in [4.78, 5) is 0.270. The first-order chi connectivity index (χ1) is 13.5. The molecule has 0 saturated carbocycles. The van der Waals surface area contributed by atoms with Crippen molar-refractivity contribution in [2.75, 3.05) is 6.54 Å². The van der Waals surface area contributed by atoms with Crippen LogP contribution in [0.3, 0.4) is 0 Å². The molecule has 0 atom stereocenters. The van der Waals surface area contributed by atoms with Crippen LogP contribution in [0.1, 0.15) is 23.1 Å². The van der Waals surface area contributed by atoms with Crippen molar-refractivity contribution in [3.8, 4) is 0 Å². The highest BCUT2D eigenvalue weighted by Gasteiger charge is 2.34. The standard InChI is InChI=1S/C24H25NO2S/c1-3-18-24(21-10-6-4-7-11-21,22-12-8-5-9-13-22)19-25-28(26,27)23-16-14-20(2)15-17-23/h3-17,25H,1,18-19H2,2H3. The molecular weight excluding hydrogens is 366 g/mol. The van der Waals surface area contributed by atoms with Gasteiger partial charge in [0.1, 0.15) is 0 Å². The third kappa shape index (κ3) is 4.24. The quantitative estimate of drug-likeness (QED) is 0.559. The van der Waals surface area contributed by atoms with E-state index >= 15 is 0 Å². The lowest BCUT2D eigenvalue weighted by Gasteiger charge is -2.34. The predicted octanol–water partition coefficient (Wildman–Crippen LogP) is 4.84. The van der Waals surface area contributed by atoms with Crippen LogP contribution in [0.4, 0.5) is 0 Å². The minimum Gasteiger partial charge on any atom is -0.210 e. The fraction of sp³-hybridized carbons (Fsp3) is 0.167. The maximum atomic E-state index is 12.9. The fourth-order valence-electron chi connectivity index (χ4n) is 3.46. The second-order valence-corrected chi connectivity index (χ2v) is 8.71. The molecule has 0 aliphatic heterocycles. The normalized spacial score (nSPS) is 11.9. The highest BCUT2D eigenvalue weighted by Crippen LogP contribution is 2.36. The second-order valence-electron chi connectivity index (χ2n) is 6.94. The van der Waals surface area contributed by atoms with Crippen LogP contribution in [-0.4, -0.2) is 15.0 Å². The first kappa shape index (κ1) is 20.1. The first-order valence-corrected chi connectivity index (χ1v) is 10.7. The number of aryl methyl sites for hydroxylation is 1. The van der Waals surface area contributed by atoms with Crippen LogP contribution in [0.15, 0.2) is 102 Å². The third-order valence-corrected chi connectivity index (χ3v) is 6.46. The topological polar surface area (TPSA) is 46.2 Å². The molecule has 0 aromatic heterocycles. The van der Waals surface area contributed by atoms with Gasteiger partial charge in [-0.3, -0.25) is 0 Å². The molecule has 0 aliphatic carbocycles. The van der Waals surface area contributed by atoms with Crippen LogP contribution in [0.5, 0.6) is 0 Å². The molecule has 0 bridgehead atoms. The van der Waals surface area contributed by atoms with Crippen molar-refractivity contribution >= 4 is 10.0 Å². The second kappa shape index (κ2) is 8.55. The molecule has 3 aromatic carbocycles. The lowest BCUT2D eigenvalue weighted by molar-refractivity contribution is 0.499. The molecular formula is C24H25NO2S. The van der Waals surface area contributed by atoms with Crippen LogP contribution in [0, 0.1) is 6.92 Å². The molecule has 0 saturated heterocycles. The zero-order valence-electron chi connectivity index (χ0n) is 16.0. The number of sulfonamides is 1. The lowest BCUT2D eigenvalue weighted by Crippen LogP contribution is -2.41. The molecule has 3 rings (SSSR count). The van der Waals surface area contributed by atoms with Gasteiger partial charge in [-0.15, -0.1) is 6.58 Å². The van der Waals surface area contributed by atoms with E-state index in [0.717, 1.165) is 16.7 Å². The number of hydrogen-bond acceptors (Lipinski definition) is 2. The van der Waals surface area contributed by atoms with Crippen molar-refractivity contribution in [2.24, 2.45) is 0 Å². The molecule has 3 nitrogen and oxygen atoms in total. The van der Waals surface area contributed by atoms with Gasteiger partial charge in [-0.05, 0) is 36.6 Å². The molecule has 0 heterocycles. The summed E-state index contributed by atoms with van der Waals surface area (Å²) < 4.78 is 28.7. The van der Waals surface area contributed by atoms with E-state index in [1.54, 1.807) is 24.3 Å². The Labute approximate surface area is 167 Å². The minimum absolute atomic E-state index is 0.239. The van der Waals surface area contributed by atoms with E-state index in [4.69, 9.17) is 0 Å². The summed E-state index contributed by atoms with van der Waals surface area (Å²) in [7, 11) is -3.63. The van der Waals surface area contributed by atoms with Gasteiger partial charge in [0, 0.05) is 12.0 Å². The average Bonchev–Trinajstić information content (AvgIpc) is 2.73. The smallest absolute Gasteiger partial charge is 0.210 e. The first-order valence-electron chi connectivity index (χ1n) is 9.26. The van der Waals surface area contributed by atoms with Crippen LogP contribution in [0.25, 0.3) is 0 Å². The van der Waals surface area contributed by atoms with Crippen LogP contribution in [0.2, 0.25) is 0 Å². The maximum absolute atomic E-state index is 12.9. The van der Waals surface area contributed by atoms with Crippen LogP contribution in [-0.2, 0) is 15.4 Å². The van der Waals surface area contributed by atoms with Gasteiger partial charge in [0.25, 0.3) is 0 Å². The summed E-state index contributed by atoms with van der Waals surface area (Å²) in [6.45, 7) is 6.11. The molecule has 0 radical (unpaired) electrons. The molecule has 4 heteroatoms. The Morgan fingerprint density at radius 2 is 1.36 bits per heavy atom. The van der Waals surface area contributed by atoms with Gasteiger partial charge in [0.2, 0.25) is 10.0 Å². The van der Waals surface area contributed by atoms with Gasteiger partial charge in [-0.25, -0.2) is 13.1 Å². The van der Waals surface area contributed by atoms with Crippen LogP contribution >= 0.6 is 0 Å². The van der Waals surface area contributed by atoms with Gasteiger partial charge >= 0.3 is 0 Å². The number of allylic oxidation sites excluding steroid dienone is 1. The van der Waals surface area contributed by atoms with Crippen molar-refractivity contribution in [1.82, 2.24) is 4.72 Å². The van der Waals surface area contributed by atoms with Crippen molar-refractivity contribution in [1.29, 1.82) is 0 Å². The fourth-order valence-corrected chi connectivity index (χ4v) is 4.56. The van der Waals surface area contributed by atoms with E-state index < -0.39 is 15.4 Å². The minimum atomic E-state index is -3.63. The Kier molecular flexibility index (Phi) is 6.12. The van der Waals surface area contributed by atoms with E-state index in [9.17, 15) is 8.42 Å². The maximum Gasteiger partial charge on any atom is 0.240 e. The molecule has 0 aliphatic rings. The summed E-state index contributed by atoms with van der Waals surface area (Å²) >= 11 is 0. The zero-order valence-corrected chi connectivity index (χ0v) is 16.8. The molecule has 0 spiro atoms. The summed E-state index contributed by atoms with van der Waals surface area (Å²) in [5, 5.41) is 0. The lowest BCUT2D eigenvalue weighted by atomic mass is 9.72. The van der Waals surface area contributed by atoms with Gasteiger partial charge in [-0.2, -0.15) is 0 Å². The number of rotatable bonds is 8. The Hall–Kier alpha value is -2.69. The van der Waals surface area contributed by atoms with Crippen molar-refractivity contribution in [3.05, 3.63) is 114 Å². The number of nitrogens with one attached hydrogen (secondary N) is 1. The highest BCUT2D eigenvalue weighted by molar-refractivity contribution is 7.89. The predicted molar refractivity (Wildman–Crippen MR) is 115 cm³/mol. The van der Waals surface area contributed by atoms with Crippen molar-refractivity contribution in [3.63, 3.8) is 0 Å². The molecule has 144 valence electrons. The van der Waals surface area contributed by atoms with Crippen molar-refractivity contribution in [2.45, 2.75) is 23.7 Å².